The Balaban J connectivity index is 1.36. The highest BCUT2D eigenvalue weighted by Crippen LogP contribution is 2.43. The van der Waals surface area contributed by atoms with E-state index in [0.29, 0.717) is 18.0 Å². The molecule has 1 saturated carbocycles. The first kappa shape index (κ1) is 18.9. The third kappa shape index (κ3) is 3.38. The molecule has 3 atom stereocenters. The van der Waals surface area contributed by atoms with E-state index in [1.807, 2.05) is 42.5 Å². The lowest BCUT2D eigenvalue weighted by atomic mass is 9.73. The first-order valence-corrected chi connectivity index (χ1v) is 10.5. The van der Waals surface area contributed by atoms with E-state index < -0.39 is 0 Å². The molecular weight excluding hydrogens is 376 g/mol. The molecule has 2 aliphatic heterocycles. The van der Waals surface area contributed by atoms with Gasteiger partial charge < -0.3 is 14.9 Å². The fourth-order valence-electron chi connectivity index (χ4n) is 4.62. The van der Waals surface area contributed by atoms with E-state index in [1.54, 1.807) is 21.9 Å². The van der Waals surface area contributed by atoms with Gasteiger partial charge in [0.1, 0.15) is 6.54 Å². The molecule has 1 N–H and O–H groups in total. The Labute approximate surface area is 176 Å². The maximum Gasteiger partial charge on any atom is 0.254 e. The zero-order chi connectivity index (χ0) is 20.7. The average molecular weight is 400 g/mol. The van der Waals surface area contributed by atoms with Gasteiger partial charge in [0.15, 0.2) is 0 Å². The molecule has 0 radical (unpaired) electrons. The van der Waals surface area contributed by atoms with Gasteiger partial charge in [-0.15, -0.1) is 0 Å². The lowest BCUT2D eigenvalue weighted by Crippen LogP contribution is -2.73. The van der Waals surface area contributed by atoms with Crippen LogP contribution in [0.15, 0.2) is 54.6 Å². The van der Waals surface area contributed by atoms with Crippen molar-refractivity contribution in [1.82, 2.24) is 9.80 Å². The summed E-state index contributed by atoms with van der Waals surface area (Å²) in [5.41, 5.74) is 2.66. The highest BCUT2D eigenvalue weighted by atomic mass is 16.3. The van der Waals surface area contributed by atoms with Crippen molar-refractivity contribution in [2.45, 2.75) is 30.8 Å². The van der Waals surface area contributed by atoms with E-state index in [0.717, 1.165) is 11.1 Å². The monoisotopic (exact) mass is 400 g/mol. The van der Waals surface area contributed by atoms with Crippen LogP contribution in [-0.4, -0.2) is 58.5 Å². The molecule has 30 heavy (non-hydrogen) atoms. The summed E-state index contributed by atoms with van der Waals surface area (Å²) in [6, 6.07) is 16.8. The van der Waals surface area contributed by atoms with Crippen molar-refractivity contribution in [1.29, 1.82) is 0 Å². The summed E-state index contributed by atoms with van der Waals surface area (Å²) in [5, 5.41) is 9.94. The van der Waals surface area contributed by atoms with Crippen LogP contribution in [0, 0.1) is 17.8 Å². The molecule has 0 aromatic heterocycles. The van der Waals surface area contributed by atoms with Gasteiger partial charge in [0, 0.05) is 29.5 Å². The second kappa shape index (κ2) is 7.62. The fourth-order valence-corrected chi connectivity index (χ4v) is 4.62. The molecule has 0 bridgehead atoms. The molecule has 2 saturated heterocycles. The van der Waals surface area contributed by atoms with Crippen LogP contribution in [0.5, 0.6) is 0 Å². The topological polar surface area (TPSA) is 60.9 Å². The Morgan fingerprint density at radius 1 is 1.07 bits per heavy atom. The number of carbonyl (C=O) groups is 2. The zero-order valence-electron chi connectivity index (χ0n) is 16.7. The molecule has 5 rings (SSSR count). The Morgan fingerprint density at radius 3 is 2.47 bits per heavy atom. The van der Waals surface area contributed by atoms with E-state index >= 15 is 0 Å². The lowest BCUT2D eigenvalue weighted by Gasteiger charge is -2.58. The summed E-state index contributed by atoms with van der Waals surface area (Å²) in [6.07, 6.45) is 2.41. The van der Waals surface area contributed by atoms with Gasteiger partial charge in [-0.05, 0) is 42.7 Å². The number of rotatable bonds is 3. The average Bonchev–Trinajstić information content (AvgIpc) is 3.59. The molecule has 1 aliphatic carbocycles. The highest BCUT2D eigenvalue weighted by Gasteiger charge is 2.54. The number of nitrogens with zero attached hydrogens (tertiary/aromatic N) is 2. The second-order valence-corrected chi connectivity index (χ2v) is 8.36. The van der Waals surface area contributed by atoms with Crippen LogP contribution >= 0.6 is 0 Å². The molecular formula is C25H24N2O3. The van der Waals surface area contributed by atoms with Crippen LogP contribution in [0.4, 0.5) is 0 Å². The molecule has 152 valence electrons. The Bertz CT molecular complexity index is 1020. The van der Waals surface area contributed by atoms with Crippen LogP contribution in [0.3, 0.4) is 0 Å². The molecule has 3 aliphatic rings. The van der Waals surface area contributed by atoms with Crippen LogP contribution in [0.25, 0.3) is 0 Å². The van der Waals surface area contributed by atoms with Gasteiger partial charge in [0.05, 0.1) is 18.7 Å². The molecule has 0 spiro atoms. The molecule has 0 unspecified atom stereocenters. The van der Waals surface area contributed by atoms with Gasteiger partial charge in [-0.1, -0.05) is 42.2 Å². The number of benzene rings is 2. The second-order valence-electron chi connectivity index (χ2n) is 8.36. The number of fused-ring (bicyclic) bond motifs is 1. The first-order chi connectivity index (χ1) is 14.7. The number of carbonyl (C=O) groups excluding carboxylic acids is 2. The normalized spacial score (nSPS) is 25.1. The number of amides is 2. The third-order valence-electron chi connectivity index (χ3n) is 6.35. The smallest absolute Gasteiger partial charge is 0.254 e. The minimum absolute atomic E-state index is 0.00997. The number of aliphatic hydroxyl groups is 1. The molecule has 5 heteroatoms. The standard InChI is InChI=1S/C25H24N2O3/c28-16-22-24(19-12-10-18(11-13-19)9-8-17-6-7-17)21-14-26(15-23(29)27(21)22)25(30)20-4-2-1-3-5-20/h1-5,10-13,17,21-22,24,28H,6-7,14-16H2/t21-,22+,24+/m0/s1. The van der Waals surface area contributed by atoms with Gasteiger partial charge in [-0.2, -0.15) is 0 Å². The van der Waals surface area contributed by atoms with E-state index in [1.165, 1.54) is 12.8 Å². The minimum Gasteiger partial charge on any atom is -0.394 e. The number of hydrogen-bond donors (Lipinski definition) is 1. The predicted molar refractivity (Wildman–Crippen MR) is 113 cm³/mol. The van der Waals surface area contributed by atoms with Crippen molar-refractivity contribution in [3.63, 3.8) is 0 Å². The molecule has 2 aromatic rings. The number of hydrogen-bond acceptors (Lipinski definition) is 3. The summed E-state index contributed by atoms with van der Waals surface area (Å²) >= 11 is 0. The van der Waals surface area contributed by atoms with Gasteiger partial charge in [0.25, 0.3) is 5.91 Å². The quantitative estimate of drug-likeness (QED) is 0.804. The molecule has 5 nitrogen and oxygen atoms in total. The SMILES string of the molecule is O=C(c1ccccc1)N1CC(=O)N2[C@H](CO)[C@H](c3ccc(C#CC4CC4)cc3)[C@@H]2C1. The Kier molecular flexibility index (Phi) is 4.80. The number of piperazine rings is 1. The maximum absolute atomic E-state index is 12.9. The molecule has 2 amide bonds. The molecule has 3 fully saturated rings. The Morgan fingerprint density at radius 2 is 1.80 bits per heavy atom. The van der Waals surface area contributed by atoms with Crippen molar-refractivity contribution in [3.8, 4) is 11.8 Å². The van der Waals surface area contributed by atoms with Crippen molar-refractivity contribution in [3.05, 3.63) is 71.3 Å². The highest BCUT2D eigenvalue weighted by molar-refractivity contribution is 5.97. The largest absolute Gasteiger partial charge is 0.394 e. The minimum atomic E-state index is -0.236. The summed E-state index contributed by atoms with van der Waals surface area (Å²) < 4.78 is 0. The maximum atomic E-state index is 12.9. The first-order valence-electron chi connectivity index (χ1n) is 10.5. The van der Waals surface area contributed by atoms with Crippen molar-refractivity contribution >= 4 is 11.8 Å². The van der Waals surface area contributed by atoms with E-state index in [2.05, 4.69) is 11.8 Å². The van der Waals surface area contributed by atoms with Crippen LogP contribution < -0.4 is 0 Å². The van der Waals surface area contributed by atoms with E-state index in [-0.39, 0.29) is 43.0 Å². The fraction of sp³-hybridized carbons (Fsp3) is 0.360. The molecule has 2 aromatic carbocycles. The molecule has 2 heterocycles. The summed E-state index contributed by atoms with van der Waals surface area (Å²) in [7, 11) is 0. The predicted octanol–water partition coefficient (Wildman–Crippen LogP) is 2.26. The van der Waals surface area contributed by atoms with Crippen LogP contribution in [0.1, 0.15) is 40.2 Å². The Hall–Kier alpha value is -3.10. The van der Waals surface area contributed by atoms with Crippen molar-refractivity contribution in [2.24, 2.45) is 5.92 Å². The van der Waals surface area contributed by atoms with E-state index in [4.69, 9.17) is 0 Å². The third-order valence-corrected chi connectivity index (χ3v) is 6.35. The zero-order valence-corrected chi connectivity index (χ0v) is 16.7. The van der Waals surface area contributed by atoms with Crippen LogP contribution in [-0.2, 0) is 4.79 Å². The summed E-state index contributed by atoms with van der Waals surface area (Å²) in [4.78, 5) is 29.0. The summed E-state index contributed by atoms with van der Waals surface area (Å²) in [6.45, 7) is 0.454. The van der Waals surface area contributed by atoms with Crippen molar-refractivity contribution < 1.29 is 14.7 Å². The number of aliphatic hydroxyl groups excluding tert-OH is 1. The van der Waals surface area contributed by atoms with Gasteiger partial charge in [-0.25, -0.2) is 0 Å². The van der Waals surface area contributed by atoms with Gasteiger partial charge in [-0.3, -0.25) is 9.59 Å². The lowest BCUT2D eigenvalue weighted by molar-refractivity contribution is -0.159. The summed E-state index contributed by atoms with van der Waals surface area (Å²) in [5.74, 6) is 6.83. The van der Waals surface area contributed by atoms with E-state index in [9.17, 15) is 14.7 Å². The van der Waals surface area contributed by atoms with Crippen molar-refractivity contribution in [2.75, 3.05) is 19.7 Å². The van der Waals surface area contributed by atoms with Gasteiger partial charge >= 0.3 is 0 Å². The van der Waals surface area contributed by atoms with Crippen LogP contribution in [0.2, 0.25) is 0 Å². The van der Waals surface area contributed by atoms with Gasteiger partial charge in [0.2, 0.25) is 5.91 Å².